The fourth-order valence-corrected chi connectivity index (χ4v) is 5.55. The van der Waals surface area contributed by atoms with Gasteiger partial charge in [-0.1, -0.05) is 24.2 Å². The maximum absolute atomic E-state index is 12.8. The minimum Gasteiger partial charge on any atom is -0.299 e. The second-order valence-electron chi connectivity index (χ2n) is 5.56. The highest BCUT2D eigenvalue weighted by Gasteiger charge is 2.25. The molecule has 0 N–H and O–H groups in total. The van der Waals surface area contributed by atoms with Crippen molar-refractivity contribution in [3.8, 4) is 0 Å². The fourth-order valence-electron chi connectivity index (χ4n) is 2.94. The molecule has 1 aliphatic heterocycles. The standard InChI is InChI=1S/C15H20N2O3S2/c1-2-17-13-8-7-12(11-14(13)21-15(17)18)22(19,20)16-9-5-3-4-6-10-16/h7-8,11H,2-6,9-10H2,1H3. The summed E-state index contributed by atoms with van der Waals surface area (Å²) >= 11 is 1.11. The number of aromatic nitrogens is 1. The first-order valence-corrected chi connectivity index (χ1v) is 9.93. The number of aryl methyl sites for hydroxylation is 1. The van der Waals surface area contributed by atoms with Gasteiger partial charge < -0.3 is 0 Å². The first-order chi connectivity index (χ1) is 10.5. The van der Waals surface area contributed by atoms with Gasteiger partial charge in [0.05, 0.1) is 15.1 Å². The molecule has 0 bridgehead atoms. The molecular weight excluding hydrogens is 320 g/mol. The van der Waals surface area contributed by atoms with E-state index in [-0.39, 0.29) is 4.87 Å². The van der Waals surface area contributed by atoms with Crippen LogP contribution in [0.5, 0.6) is 0 Å². The molecule has 3 rings (SSSR count). The van der Waals surface area contributed by atoms with Crippen LogP contribution in [0.4, 0.5) is 0 Å². The lowest BCUT2D eigenvalue weighted by Gasteiger charge is -2.19. The molecule has 5 nitrogen and oxygen atoms in total. The monoisotopic (exact) mass is 340 g/mol. The largest absolute Gasteiger partial charge is 0.308 e. The molecule has 0 amide bonds. The summed E-state index contributed by atoms with van der Waals surface area (Å²) in [7, 11) is -3.46. The summed E-state index contributed by atoms with van der Waals surface area (Å²) in [6.07, 6.45) is 4.01. The molecule has 1 fully saturated rings. The average molecular weight is 340 g/mol. The summed E-state index contributed by atoms with van der Waals surface area (Å²) in [4.78, 5) is 12.2. The third-order valence-corrected chi connectivity index (χ3v) is 7.00. The summed E-state index contributed by atoms with van der Waals surface area (Å²) in [6, 6.07) is 5.02. The van der Waals surface area contributed by atoms with Crippen LogP contribution in [-0.2, 0) is 16.6 Å². The zero-order valence-corrected chi connectivity index (χ0v) is 14.3. The van der Waals surface area contributed by atoms with Crippen LogP contribution in [0.2, 0.25) is 0 Å². The molecule has 0 aliphatic carbocycles. The molecule has 1 aromatic heterocycles. The Labute approximate surface area is 134 Å². The van der Waals surface area contributed by atoms with Crippen molar-refractivity contribution in [2.24, 2.45) is 0 Å². The lowest BCUT2D eigenvalue weighted by Crippen LogP contribution is -2.31. The first-order valence-electron chi connectivity index (χ1n) is 7.67. The van der Waals surface area contributed by atoms with E-state index in [0.29, 0.717) is 24.5 Å². The SMILES string of the molecule is CCn1c(=O)sc2cc(S(=O)(=O)N3CCCCCC3)ccc21. The summed E-state index contributed by atoms with van der Waals surface area (Å²) in [5.74, 6) is 0. The third kappa shape index (κ3) is 2.73. The highest BCUT2D eigenvalue weighted by atomic mass is 32.2. The molecule has 120 valence electrons. The molecule has 2 aromatic rings. The van der Waals surface area contributed by atoms with Crippen molar-refractivity contribution in [2.75, 3.05) is 13.1 Å². The van der Waals surface area contributed by atoms with Crippen molar-refractivity contribution in [2.45, 2.75) is 44.0 Å². The predicted molar refractivity (Wildman–Crippen MR) is 89.0 cm³/mol. The van der Waals surface area contributed by atoms with E-state index in [4.69, 9.17) is 0 Å². The lowest BCUT2D eigenvalue weighted by molar-refractivity contribution is 0.424. The molecule has 0 saturated carbocycles. The van der Waals surface area contributed by atoms with Crippen LogP contribution >= 0.6 is 11.3 Å². The Morgan fingerprint density at radius 2 is 1.82 bits per heavy atom. The highest BCUT2D eigenvalue weighted by molar-refractivity contribution is 7.89. The van der Waals surface area contributed by atoms with Crippen LogP contribution in [0.15, 0.2) is 27.9 Å². The Morgan fingerprint density at radius 1 is 1.14 bits per heavy atom. The van der Waals surface area contributed by atoms with E-state index >= 15 is 0 Å². The number of hydrogen-bond donors (Lipinski definition) is 0. The molecule has 0 atom stereocenters. The van der Waals surface area contributed by atoms with Crippen molar-refractivity contribution in [1.29, 1.82) is 0 Å². The van der Waals surface area contributed by atoms with Crippen LogP contribution < -0.4 is 4.87 Å². The van der Waals surface area contributed by atoms with Crippen LogP contribution in [0.1, 0.15) is 32.6 Å². The molecule has 1 aliphatic rings. The normalized spacial score (nSPS) is 17.7. The van der Waals surface area contributed by atoms with Gasteiger partial charge in [-0.2, -0.15) is 4.31 Å². The van der Waals surface area contributed by atoms with Gasteiger partial charge >= 0.3 is 4.87 Å². The van der Waals surface area contributed by atoms with Crippen molar-refractivity contribution >= 4 is 31.6 Å². The smallest absolute Gasteiger partial charge is 0.299 e. The van der Waals surface area contributed by atoms with Gasteiger partial charge in [-0.05, 0) is 38.0 Å². The topological polar surface area (TPSA) is 59.4 Å². The van der Waals surface area contributed by atoms with E-state index in [2.05, 4.69) is 0 Å². The van der Waals surface area contributed by atoms with Crippen molar-refractivity contribution in [3.05, 3.63) is 27.9 Å². The molecule has 0 radical (unpaired) electrons. The van der Waals surface area contributed by atoms with E-state index in [0.717, 1.165) is 47.2 Å². The van der Waals surface area contributed by atoms with Gasteiger partial charge in [0.25, 0.3) is 0 Å². The number of nitrogens with zero attached hydrogens (tertiary/aromatic N) is 2. The number of benzene rings is 1. The van der Waals surface area contributed by atoms with Crippen LogP contribution in [0.25, 0.3) is 10.2 Å². The molecule has 1 saturated heterocycles. The summed E-state index contributed by atoms with van der Waals surface area (Å²) in [5, 5.41) is 0. The number of sulfonamides is 1. The van der Waals surface area contributed by atoms with Crippen LogP contribution in [0, 0.1) is 0 Å². The second kappa shape index (κ2) is 6.14. The lowest BCUT2D eigenvalue weighted by atomic mass is 10.2. The van der Waals surface area contributed by atoms with Crippen molar-refractivity contribution in [3.63, 3.8) is 0 Å². The van der Waals surface area contributed by atoms with E-state index in [1.165, 1.54) is 0 Å². The van der Waals surface area contributed by atoms with Gasteiger partial charge in [0.15, 0.2) is 0 Å². The highest BCUT2D eigenvalue weighted by Crippen LogP contribution is 2.25. The zero-order valence-electron chi connectivity index (χ0n) is 12.6. The summed E-state index contributed by atoms with van der Waals surface area (Å²) in [6.45, 7) is 3.69. The van der Waals surface area contributed by atoms with Crippen molar-refractivity contribution < 1.29 is 8.42 Å². The van der Waals surface area contributed by atoms with Gasteiger partial charge in [-0.15, -0.1) is 0 Å². The minimum atomic E-state index is -3.46. The van der Waals surface area contributed by atoms with E-state index in [1.807, 2.05) is 6.92 Å². The Balaban J connectivity index is 2.03. The Kier molecular flexibility index (Phi) is 4.38. The van der Waals surface area contributed by atoms with E-state index in [1.54, 1.807) is 27.1 Å². The van der Waals surface area contributed by atoms with Gasteiger partial charge in [0.1, 0.15) is 0 Å². The second-order valence-corrected chi connectivity index (χ2v) is 8.49. The molecule has 1 aromatic carbocycles. The van der Waals surface area contributed by atoms with Gasteiger partial charge in [-0.25, -0.2) is 8.42 Å². The minimum absolute atomic E-state index is 0.0400. The molecule has 7 heteroatoms. The average Bonchev–Trinajstić information content (AvgIpc) is 2.68. The van der Waals surface area contributed by atoms with Gasteiger partial charge in [0, 0.05) is 19.6 Å². The zero-order chi connectivity index (χ0) is 15.7. The van der Waals surface area contributed by atoms with Gasteiger partial charge in [0.2, 0.25) is 10.0 Å². The van der Waals surface area contributed by atoms with Gasteiger partial charge in [-0.3, -0.25) is 9.36 Å². The molecule has 2 heterocycles. The fraction of sp³-hybridized carbons (Fsp3) is 0.533. The number of rotatable bonds is 3. The molecule has 0 unspecified atom stereocenters. The number of thiazole rings is 1. The maximum Gasteiger partial charge on any atom is 0.308 e. The van der Waals surface area contributed by atoms with Crippen molar-refractivity contribution in [1.82, 2.24) is 8.87 Å². The molecule has 22 heavy (non-hydrogen) atoms. The Bertz CT molecular complexity index is 828. The summed E-state index contributed by atoms with van der Waals surface area (Å²) in [5.41, 5.74) is 0.812. The Hall–Kier alpha value is -1.18. The summed E-state index contributed by atoms with van der Waals surface area (Å²) < 4.78 is 29.6. The first kappa shape index (κ1) is 15.7. The quantitative estimate of drug-likeness (QED) is 0.863. The predicted octanol–water partition coefficient (Wildman–Crippen LogP) is 2.65. The van der Waals surface area contributed by atoms with Crippen LogP contribution in [-0.4, -0.2) is 30.4 Å². The number of hydrogen-bond acceptors (Lipinski definition) is 4. The van der Waals surface area contributed by atoms with E-state index < -0.39 is 10.0 Å². The maximum atomic E-state index is 12.8. The number of fused-ring (bicyclic) bond motifs is 1. The molecule has 0 spiro atoms. The molecular formula is C15H20N2O3S2. The third-order valence-electron chi connectivity index (χ3n) is 4.16. The Morgan fingerprint density at radius 3 is 2.45 bits per heavy atom. The van der Waals surface area contributed by atoms with E-state index in [9.17, 15) is 13.2 Å². The van der Waals surface area contributed by atoms with Crippen LogP contribution in [0.3, 0.4) is 0 Å².